The zero-order valence-corrected chi connectivity index (χ0v) is 31.9. The lowest BCUT2D eigenvalue weighted by atomic mass is 9.84. The van der Waals surface area contributed by atoms with Crippen LogP contribution in [-0.2, 0) is 19.1 Å². The van der Waals surface area contributed by atoms with E-state index in [1.54, 1.807) is 11.8 Å². The van der Waals surface area contributed by atoms with E-state index in [4.69, 9.17) is 9.84 Å². The summed E-state index contributed by atoms with van der Waals surface area (Å²) >= 11 is 1.64. The summed E-state index contributed by atoms with van der Waals surface area (Å²) in [6.45, 7) is 6.01. The number of carboxylic acids is 1. The van der Waals surface area contributed by atoms with Gasteiger partial charge < -0.3 is 20.5 Å². The number of carbonyl (C=O) groups excluding carboxylic acids is 2. The van der Waals surface area contributed by atoms with Crippen LogP contribution in [0.15, 0.2) is 91.0 Å². The molecule has 0 heterocycles. The van der Waals surface area contributed by atoms with Crippen molar-refractivity contribution in [2.24, 2.45) is 0 Å². The number of hydrogen-bond acceptors (Lipinski definition) is 5. The minimum atomic E-state index is -0.801. The third kappa shape index (κ3) is 15.6. The SMILES string of the molecule is CC(C)(C)OC(=O)NC(CSC(c1ccccc1)(c1ccccc1)c1ccccc1)C(=O)NCCCCCCCCCCCCCCCC(=O)O. The number of carboxylic acid groups (broad SMARTS) is 1. The Labute approximate surface area is 310 Å². The molecule has 51 heavy (non-hydrogen) atoms. The van der Waals surface area contributed by atoms with Gasteiger partial charge in [0.1, 0.15) is 11.6 Å². The molecule has 0 radical (unpaired) electrons. The van der Waals surface area contributed by atoms with E-state index in [2.05, 4.69) is 47.0 Å². The molecule has 3 aromatic rings. The van der Waals surface area contributed by atoms with Gasteiger partial charge in [-0.25, -0.2) is 4.79 Å². The second-order valence-electron chi connectivity index (χ2n) is 14.3. The molecule has 3 aromatic carbocycles. The van der Waals surface area contributed by atoms with E-state index >= 15 is 0 Å². The van der Waals surface area contributed by atoms with Crippen LogP contribution in [0.25, 0.3) is 0 Å². The second-order valence-corrected chi connectivity index (χ2v) is 15.6. The Kier molecular flexibility index (Phi) is 18.7. The van der Waals surface area contributed by atoms with E-state index < -0.39 is 28.5 Å². The van der Waals surface area contributed by atoms with E-state index in [-0.39, 0.29) is 12.3 Å². The van der Waals surface area contributed by atoms with Gasteiger partial charge in [-0.05, 0) is 50.3 Å². The zero-order valence-electron chi connectivity index (χ0n) is 31.0. The number of rotatable bonds is 24. The zero-order chi connectivity index (χ0) is 36.8. The Hall–Kier alpha value is -3.78. The maximum absolute atomic E-state index is 13.7. The Balaban J connectivity index is 1.54. The first-order valence-corrected chi connectivity index (χ1v) is 19.9. The van der Waals surface area contributed by atoms with Crippen LogP contribution < -0.4 is 10.6 Å². The highest BCUT2D eigenvalue weighted by Gasteiger charge is 2.38. The molecule has 3 rings (SSSR count). The van der Waals surface area contributed by atoms with Gasteiger partial charge in [-0.2, -0.15) is 0 Å². The predicted octanol–water partition coefficient (Wildman–Crippen LogP) is 10.3. The van der Waals surface area contributed by atoms with Crippen LogP contribution >= 0.6 is 11.8 Å². The minimum absolute atomic E-state index is 0.210. The molecule has 7 nitrogen and oxygen atoms in total. The Bertz CT molecular complexity index is 1320. The summed E-state index contributed by atoms with van der Waals surface area (Å²) < 4.78 is 4.96. The first kappa shape index (κ1) is 41.6. The van der Waals surface area contributed by atoms with Crippen molar-refractivity contribution in [3.63, 3.8) is 0 Å². The van der Waals surface area contributed by atoms with Gasteiger partial charge in [0.2, 0.25) is 5.91 Å². The highest BCUT2D eigenvalue weighted by molar-refractivity contribution is 8.00. The summed E-state index contributed by atoms with van der Waals surface area (Å²) in [7, 11) is 0. The Morgan fingerprint density at radius 3 is 1.41 bits per heavy atom. The molecule has 0 spiro atoms. The number of alkyl carbamates (subject to hydrolysis) is 1. The number of thioether (sulfide) groups is 1. The summed E-state index contributed by atoms with van der Waals surface area (Å²) in [6, 6.07) is 30.2. The summed E-state index contributed by atoms with van der Waals surface area (Å²) in [5.41, 5.74) is 2.58. The maximum Gasteiger partial charge on any atom is 0.408 e. The van der Waals surface area contributed by atoms with Crippen molar-refractivity contribution >= 4 is 29.7 Å². The monoisotopic (exact) mass is 716 g/mol. The van der Waals surface area contributed by atoms with Gasteiger partial charge in [0, 0.05) is 18.7 Å². The molecule has 0 aliphatic heterocycles. The van der Waals surface area contributed by atoms with Gasteiger partial charge in [-0.1, -0.05) is 162 Å². The van der Waals surface area contributed by atoms with Crippen molar-refractivity contribution in [1.29, 1.82) is 0 Å². The van der Waals surface area contributed by atoms with E-state index in [0.29, 0.717) is 12.3 Å². The third-order valence-corrected chi connectivity index (χ3v) is 10.5. The molecule has 0 fully saturated rings. The fourth-order valence-corrected chi connectivity index (χ4v) is 7.85. The van der Waals surface area contributed by atoms with Gasteiger partial charge in [0.15, 0.2) is 0 Å². The van der Waals surface area contributed by atoms with E-state index in [1.807, 2.05) is 75.4 Å². The summed E-state index contributed by atoms with van der Waals surface area (Å²) in [4.78, 5) is 37.3. The molecule has 1 unspecified atom stereocenters. The van der Waals surface area contributed by atoms with Crippen LogP contribution in [0.4, 0.5) is 4.79 Å². The average molecular weight is 717 g/mol. The lowest BCUT2D eigenvalue weighted by Crippen LogP contribution is -2.50. The minimum Gasteiger partial charge on any atom is -0.481 e. The summed E-state index contributed by atoms with van der Waals surface area (Å²) in [5.74, 6) is -0.576. The van der Waals surface area contributed by atoms with Gasteiger partial charge in [0.25, 0.3) is 0 Å². The molecule has 0 aliphatic carbocycles. The number of hydrogen-bond donors (Lipinski definition) is 3. The van der Waals surface area contributed by atoms with Crippen LogP contribution in [0, 0.1) is 0 Å². The van der Waals surface area contributed by atoms with E-state index in [9.17, 15) is 14.4 Å². The van der Waals surface area contributed by atoms with Crippen LogP contribution in [0.3, 0.4) is 0 Å². The van der Waals surface area contributed by atoms with Crippen LogP contribution in [0.2, 0.25) is 0 Å². The molecule has 1 atom stereocenters. The van der Waals surface area contributed by atoms with Crippen LogP contribution in [0.5, 0.6) is 0 Å². The number of amides is 2. The van der Waals surface area contributed by atoms with Crippen molar-refractivity contribution in [1.82, 2.24) is 10.6 Å². The molecule has 3 N–H and O–H groups in total. The van der Waals surface area contributed by atoms with Gasteiger partial charge in [0.05, 0.1) is 4.75 Å². The average Bonchev–Trinajstić information content (AvgIpc) is 3.11. The summed E-state index contributed by atoms with van der Waals surface area (Å²) in [5, 5.41) is 14.7. The topological polar surface area (TPSA) is 105 Å². The van der Waals surface area contributed by atoms with Crippen molar-refractivity contribution in [3.05, 3.63) is 108 Å². The highest BCUT2D eigenvalue weighted by Crippen LogP contribution is 2.48. The highest BCUT2D eigenvalue weighted by atomic mass is 32.2. The van der Waals surface area contributed by atoms with Crippen molar-refractivity contribution in [2.45, 2.75) is 127 Å². The van der Waals surface area contributed by atoms with Gasteiger partial charge >= 0.3 is 12.1 Å². The predicted molar refractivity (Wildman–Crippen MR) is 210 cm³/mol. The lowest BCUT2D eigenvalue weighted by Gasteiger charge is -2.36. The van der Waals surface area contributed by atoms with Crippen molar-refractivity contribution in [3.8, 4) is 0 Å². The number of nitrogens with one attached hydrogen (secondary N) is 2. The van der Waals surface area contributed by atoms with E-state index in [0.717, 1.165) is 55.2 Å². The molecule has 0 saturated carbocycles. The Morgan fingerprint density at radius 2 is 1.02 bits per heavy atom. The first-order chi connectivity index (χ1) is 24.6. The van der Waals surface area contributed by atoms with Crippen LogP contribution in [0.1, 0.15) is 127 Å². The van der Waals surface area contributed by atoms with Gasteiger partial charge in [-0.3, -0.25) is 9.59 Å². The number of ether oxygens (including phenoxy) is 1. The Morgan fingerprint density at radius 1 is 0.627 bits per heavy atom. The molecule has 2 amide bonds. The second kappa shape index (κ2) is 22.9. The molecule has 0 saturated heterocycles. The molecule has 0 bridgehead atoms. The molecule has 0 aromatic heterocycles. The van der Waals surface area contributed by atoms with Crippen molar-refractivity contribution < 1.29 is 24.2 Å². The fraction of sp³-hybridized carbons (Fsp3) is 0.512. The molecule has 0 aliphatic rings. The molecular formula is C43H60N2O5S. The molecule has 278 valence electrons. The summed E-state index contributed by atoms with van der Waals surface area (Å²) in [6.07, 6.45) is 14.3. The number of benzene rings is 3. The van der Waals surface area contributed by atoms with Crippen LogP contribution in [-0.4, -0.2) is 47.0 Å². The normalized spacial score (nSPS) is 12.2. The number of aliphatic carboxylic acids is 1. The van der Waals surface area contributed by atoms with Gasteiger partial charge in [-0.15, -0.1) is 11.8 Å². The number of carbonyl (C=O) groups is 3. The van der Waals surface area contributed by atoms with Crippen molar-refractivity contribution in [2.75, 3.05) is 12.3 Å². The third-order valence-electron chi connectivity index (χ3n) is 8.88. The smallest absolute Gasteiger partial charge is 0.408 e. The number of unbranched alkanes of at least 4 members (excludes halogenated alkanes) is 12. The molecular weight excluding hydrogens is 657 g/mol. The first-order valence-electron chi connectivity index (χ1n) is 18.9. The quantitative estimate of drug-likeness (QED) is 0.0630. The standard InChI is InChI=1S/C43H60N2O5S/c1-42(2,3)50-41(49)45-38(40(48)44-33-25-14-12-10-8-6-4-5-7-9-11-13-24-32-39(46)47)34-51-43(35-26-18-15-19-27-35,36-28-20-16-21-29-36)37-30-22-17-23-31-37/h15-23,26-31,38H,4-14,24-25,32-34H2,1-3H3,(H,44,48)(H,45,49)(H,46,47). The largest absolute Gasteiger partial charge is 0.481 e. The maximum atomic E-state index is 13.7. The lowest BCUT2D eigenvalue weighted by molar-refractivity contribution is -0.137. The van der Waals surface area contributed by atoms with E-state index in [1.165, 1.54) is 44.9 Å². The fourth-order valence-electron chi connectivity index (χ4n) is 6.29. The molecule has 8 heteroatoms.